The van der Waals surface area contributed by atoms with Gasteiger partial charge in [0.15, 0.2) is 6.10 Å². The maximum absolute atomic E-state index is 12.8. The van der Waals surface area contributed by atoms with Crippen LogP contribution in [0.3, 0.4) is 0 Å². The molecule has 0 rings (SSSR count). The zero-order chi connectivity index (χ0) is 44.4. The van der Waals surface area contributed by atoms with Crippen molar-refractivity contribution in [2.75, 3.05) is 13.2 Å². The van der Waals surface area contributed by atoms with Crippen LogP contribution in [0.25, 0.3) is 0 Å². The van der Waals surface area contributed by atoms with E-state index in [-0.39, 0.29) is 31.1 Å². The first-order valence-electron chi connectivity index (χ1n) is 26.1. The summed E-state index contributed by atoms with van der Waals surface area (Å²) in [4.78, 5) is 37.9. The van der Waals surface area contributed by atoms with Crippen LogP contribution in [0.4, 0.5) is 0 Å². The number of unbranched alkanes of at least 4 members (excludes halogenated alkanes) is 28. The number of ether oxygens (including phenoxy) is 3. The van der Waals surface area contributed by atoms with Crippen molar-refractivity contribution in [1.82, 2.24) is 0 Å². The summed E-state index contributed by atoms with van der Waals surface area (Å²) in [6.45, 7) is 6.57. The lowest BCUT2D eigenvalue weighted by Crippen LogP contribution is -2.30. The zero-order valence-corrected chi connectivity index (χ0v) is 40.4. The lowest BCUT2D eigenvalue weighted by atomic mass is 10.1. The van der Waals surface area contributed by atoms with Gasteiger partial charge in [-0.2, -0.15) is 0 Å². The molecule has 0 amide bonds. The first-order valence-corrected chi connectivity index (χ1v) is 26.1. The molecule has 0 saturated carbocycles. The van der Waals surface area contributed by atoms with Crippen molar-refractivity contribution < 1.29 is 28.6 Å². The number of hydrogen-bond acceptors (Lipinski definition) is 6. The van der Waals surface area contributed by atoms with Crippen LogP contribution < -0.4 is 0 Å². The van der Waals surface area contributed by atoms with Gasteiger partial charge in [0.2, 0.25) is 0 Å². The van der Waals surface area contributed by atoms with E-state index in [2.05, 4.69) is 69.4 Å². The van der Waals surface area contributed by atoms with Gasteiger partial charge in [0.1, 0.15) is 13.2 Å². The number of esters is 3. The molecule has 0 radical (unpaired) electrons. The largest absolute Gasteiger partial charge is 0.462 e. The van der Waals surface area contributed by atoms with Gasteiger partial charge in [-0.3, -0.25) is 14.4 Å². The fourth-order valence-electron chi connectivity index (χ4n) is 7.33. The molecule has 0 aromatic rings. The van der Waals surface area contributed by atoms with Crippen LogP contribution in [0.15, 0.2) is 48.6 Å². The normalized spacial score (nSPS) is 12.4. The van der Waals surface area contributed by atoms with E-state index in [0.29, 0.717) is 19.3 Å². The summed E-state index contributed by atoms with van der Waals surface area (Å²) in [5.74, 6) is -0.895. The third kappa shape index (κ3) is 48.3. The third-order valence-corrected chi connectivity index (χ3v) is 11.3. The van der Waals surface area contributed by atoms with Crippen molar-refractivity contribution in [2.24, 2.45) is 0 Å². The van der Waals surface area contributed by atoms with E-state index in [1.807, 2.05) is 0 Å². The molecule has 0 heterocycles. The molecule has 0 aliphatic carbocycles. The Hall–Kier alpha value is -2.63. The minimum Gasteiger partial charge on any atom is -0.462 e. The molecule has 6 heteroatoms. The molecular weight excluding hydrogens is 757 g/mol. The Kier molecular flexibility index (Phi) is 47.9. The lowest BCUT2D eigenvalue weighted by molar-refractivity contribution is -0.167. The Morgan fingerprint density at radius 3 is 0.934 bits per heavy atom. The van der Waals surface area contributed by atoms with Gasteiger partial charge in [-0.15, -0.1) is 0 Å². The van der Waals surface area contributed by atoms with Gasteiger partial charge < -0.3 is 14.2 Å². The second-order valence-electron chi connectivity index (χ2n) is 17.4. The first-order chi connectivity index (χ1) is 30.0. The topological polar surface area (TPSA) is 78.9 Å². The summed E-state index contributed by atoms with van der Waals surface area (Å²) < 4.78 is 16.8. The SMILES string of the molecule is CCCCC/C=C\C/C=C\CCCCCCCCCC(=O)O[C@H](COC(=O)CCCCCCC/C=C\C/C=C\CCCCC)COC(=O)CCCCCCCCCCCCC. The smallest absolute Gasteiger partial charge is 0.306 e. The van der Waals surface area contributed by atoms with E-state index >= 15 is 0 Å². The van der Waals surface area contributed by atoms with Crippen molar-refractivity contribution in [3.05, 3.63) is 48.6 Å². The molecule has 354 valence electrons. The van der Waals surface area contributed by atoms with E-state index in [9.17, 15) is 14.4 Å². The van der Waals surface area contributed by atoms with Gasteiger partial charge in [0.25, 0.3) is 0 Å². The molecule has 0 aliphatic heterocycles. The summed E-state index contributed by atoms with van der Waals surface area (Å²) in [6, 6.07) is 0. The van der Waals surface area contributed by atoms with Crippen LogP contribution in [0.5, 0.6) is 0 Å². The Bertz CT molecular complexity index is 1070. The molecule has 0 fully saturated rings. The average molecular weight is 855 g/mol. The molecule has 0 unspecified atom stereocenters. The van der Waals surface area contributed by atoms with E-state index in [1.165, 1.54) is 135 Å². The van der Waals surface area contributed by atoms with Gasteiger partial charge in [-0.25, -0.2) is 0 Å². The summed E-state index contributed by atoms with van der Waals surface area (Å²) in [5.41, 5.74) is 0. The fourth-order valence-corrected chi connectivity index (χ4v) is 7.33. The van der Waals surface area contributed by atoms with Gasteiger partial charge in [0, 0.05) is 19.3 Å². The maximum atomic E-state index is 12.8. The van der Waals surface area contributed by atoms with E-state index in [1.54, 1.807) is 0 Å². The second-order valence-corrected chi connectivity index (χ2v) is 17.4. The molecule has 0 N–H and O–H groups in total. The van der Waals surface area contributed by atoms with Crippen molar-refractivity contribution in [2.45, 2.75) is 271 Å². The molecule has 0 aliphatic rings. The predicted octanol–water partition coefficient (Wildman–Crippen LogP) is 17.1. The lowest BCUT2D eigenvalue weighted by Gasteiger charge is -2.18. The molecule has 61 heavy (non-hydrogen) atoms. The maximum Gasteiger partial charge on any atom is 0.306 e. The number of carbonyl (C=O) groups is 3. The highest BCUT2D eigenvalue weighted by Gasteiger charge is 2.19. The molecule has 0 spiro atoms. The van der Waals surface area contributed by atoms with Crippen molar-refractivity contribution >= 4 is 17.9 Å². The third-order valence-electron chi connectivity index (χ3n) is 11.3. The summed E-state index contributed by atoms with van der Waals surface area (Å²) >= 11 is 0. The molecule has 6 nitrogen and oxygen atoms in total. The molecule has 0 aromatic carbocycles. The summed E-state index contributed by atoms with van der Waals surface area (Å²) in [5, 5.41) is 0. The van der Waals surface area contributed by atoms with Crippen molar-refractivity contribution in [3.63, 3.8) is 0 Å². The Labute approximate surface area is 378 Å². The highest BCUT2D eigenvalue weighted by atomic mass is 16.6. The van der Waals surface area contributed by atoms with Gasteiger partial charge >= 0.3 is 17.9 Å². The molecule has 1 atom stereocenters. The summed E-state index contributed by atoms with van der Waals surface area (Å²) in [6.07, 6.45) is 59.4. The first kappa shape index (κ1) is 58.4. The minimum absolute atomic E-state index is 0.0789. The van der Waals surface area contributed by atoms with Crippen LogP contribution in [-0.4, -0.2) is 37.2 Å². The van der Waals surface area contributed by atoms with Crippen LogP contribution >= 0.6 is 0 Å². The summed E-state index contributed by atoms with van der Waals surface area (Å²) in [7, 11) is 0. The molecule has 0 bridgehead atoms. The highest BCUT2D eigenvalue weighted by molar-refractivity contribution is 5.71. The fraction of sp³-hybridized carbons (Fsp3) is 0.800. The van der Waals surface area contributed by atoms with E-state index in [0.717, 1.165) is 89.9 Å². The van der Waals surface area contributed by atoms with Crippen LogP contribution in [0.2, 0.25) is 0 Å². The quantitative estimate of drug-likeness (QED) is 0.0263. The molecule has 0 aromatic heterocycles. The number of hydrogen-bond donors (Lipinski definition) is 0. The van der Waals surface area contributed by atoms with Gasteiger partial charge in [0.05, 0.1) is 0 Å². The van der Waals surface area contributed by atoms with Crippen molar-refractivity contribution in [1.29, 1.82) is 0 Å². The van der Waals surface area contributed by atoms with Crippen LogP contribution in [0.1, 0.15) is 265 Å². The Morgan fingerprint density at radius 1 is 0.328 bits per heavy atom. The monoisotopic (exact) mass is 855 g/mol. The van der Waals surface area contributed by atoms with E-state index in [4.69, 9.17) is 14.2 Å². The van der Waals surface area contributed by atoms with E-state index < -0.39 is 6.10 Å². The minimum atomic E-state index is -0.779. The van der Waals surface area contributed by atoms with Gasteiger partial charge in [-0.05, 0) is 83.5 Å². The standard InChI is InChI=1S/C55H98O6/c1-4-7-10-13-16-19-22-24-26-27-29-31-34-37-40-43-46-49-55(58)61-52(50-59-53(56)47-44-41-38-35-32-21-18-15-12-9-6-3)51-60-54(57)48-45-42-39-36-33-30-28-25-23-20-17-14-11-8-5-2/h16-17,19-20,24-26,28,52H,4-15,18,21-23,27,29-51H2,1-3H3/b19-16-,20-17-,26-24-,28-25-/t52-/m0/s1. The van der Waals surface area contributed by atoms with Gasteiger partial charge in [-0.1, -0.05) is 211 Å². The van der Waals surface area contributed by atoms with Crippen LogP contribution in [-0.2, 0) is 28.6 Å². The predicted molar refractivity (Wildman–Crippen MR) is 261 cm³/mol. The van der Waals surface area contributed by atoms with Crippen LogP contribution in [0, 0.1) is 0 Å². The number of allylic oxidation sites excluding steroid dienone is 8. The Balaban J connectivity index is 4.38. The second kappa shape index (κ2) is 50.0. The average Bonchev–Trinajstić information content (AvgIpc) is 3.26. The molecular formula is C55H98O6. The number of rotatable bonds is 47. The molecule has 0 saturated heterocycles. The zero-order valence-electron chi connectivity index (χ0n) is 40.4. The number of carbonyl (C=O) groups excluding carboxylic acids is 3. The highest BCUT2D eigenvalue weighted by Crippen LogP contribution is 2.15. The van der Waals surface area contributed by atoms with Crippen molar-refractivity contribution in [3.8, 4) is 0 Å². The Morgan fingerprint density at radius 2 is 0.590 bits per heavy atom.